The predicted octanol–water partition coefficient (Wildman–Crippen LogP) is 2.20. The van der Waals surface area contributed by atoms with Crippen LogP contribution in [0.1, 0.15) is 40.8 Å². The maximum Gasteiger partial charge on any atom is 0.252 e. The number of rotatable bonds is 5. The van der Waals surface area contributed by atoms with Crippen LogP contribution in [0.2, 0.25) is 0 Å². The number of aromatic nitrogens is 3. The Kier molecular flexibility index (Phi) is 4.23. The minimum absolute atomic E-state index is 0.0711. The number of nitrogens with zero attached hydrogens (tertiary/aromatic N) is 4. The molecule has 0 spiro atoms. The molecule has 4 rings (SSSR count). The highest BCUT2D eigenvalue weighted by Gasteiger charge is 2.26. The Balaban J connectivity index is 1.49. The topological polar surface area (TPSA) is 75.7 Å². The fourth-order valence-electron chi connectivity index (χ4n) is 3.37. The van der Waals surface area contributed by atoms with E-state index in [2.05, 4.69) is 20.4 Å². The number of likely N-dealkylation sites (tertiary alicyclic amines) is 1. The molecule has 1 amide bonds. The lowest BCUT2D eigenvalue weighted by Crippen LogP contribution is -2.36. The number of carbonyl (C=O) groups excluding carboxylic acids is 1. The molecule has 1 saturated heterocycles. The van der Waals surface area contributed by atoms with Crippen LogP contribution in [0, 0.1) is 6.92 Å². The molecule has 0 aliphatic carbocycles. The van der Waals surface area contributed by atoms with E-state index in [1.54, 1.807) is 24.6 Å². The van der Waals surface area contributed by atoms with Crippen molar-refractivity contribution in [3.8, 4) is 0 Å². The average molecular weight is 339 g/mol. The monoisotopic (exact) mass is 339 g/mol. The van der Waals surface area contributed by atoms with Crippen molar-refractivity contribution in [1.29, 1.82) is 0 Å². The number of aryl methyl sites for hydroxylation is 1. The number of furan rings is 1. The van der Waals surface area contributed by atoms with Crippen molar-refractivity contribution in [3.63, 3.8) is 0 Å². The molecular formula is C18H21N5O2. The number of pyridine rings is 1. The van der Waals surface area contributed by atoms with Crippen molar-refractivity contribution in [2.24, 2.45) is 0 Å². The maximum absolute atomic E-state index is 12.6. The van der Waals surface area contributed by atoms with Gasteiger partial charge in [0.05, 0.1) is 17.9 Å². The summed E-state index contributed by atoms with van der Waals surface area (Å²) in [5, 5.41) is 11.1. The number of amides is 1. The predicted molar refractivity (Wildman–Crippen MR) is 92.3 cm³/mol. The Bertz CT molecular complexity index is 865. The number of nitrogens with one attached hydrogen (secondary N) is 1. The number of carbonyl (C=O) groups is 1. The number of hydrogen-bond donors (Lipinski definition) is 1. The first-order valence-electron chi connectivity index (χ1n) is 8.59. The van der Waals surface area contributed by atoms with Gasteiger partial charge in [0.1, 0.15) is 11.6 Å². The van der Waals surface area contributed by atoms with Crippen LogP contribution < -0.4 is 5.32 Å². The summed E-state index contributed by atoms with van der Waals surface area (Å²) < 4.78 is 7.41. The molecule has 4 heterocycles. The summed E-state index contributed by atoms with van der Waals surface area (Å²) in [6.07, 6.45) is 5.84. The molecule has 0 saturated carbocycles. The van der Waals surface area contributed by atoms with Gasteiger partial charge in [0.2, 0.25) is 0 Å². The lowest BCUT2D eigenvalue weighted by molar-refractivity contribution is 0.0933. The fourth-order valence-corrected chi connectivity index (χ4v) is 3.37. The Hall–Kier alpha value is -2.67. The van der Waals surface area contributed by atoms with Gasteiger partial charge in [-0.1, -0.05) is 0 Å². The Morgan fingerprint density at radius 1 is 1.28 bits per heavy atom. The van der Waals surface area contributed by atoms with Crippen molar-refractivity contribution in [3.05, 3.63) is 53.9 Å². The first-order valence-corrected chi connectivity index (χ1v) is 8.59. The Morgan fingerprint density at radius 3 is 2.88 bits per heavy atom. The molecule has 1 atom stereocenters. The van der Waals surface area contributed by atoms with Crippen molar-refractivity contribution in [2.45, 2.75) is 25.8 Å². The summed E-state index contributed by atoms with van der Waals surface area (Å²) in [5.74, 6) is 1.55. The van der Waals surface area contributed by atoms with Crippen LogP contribution in [0.3, 0.4) is 0 Å². The summed E-state index contributed by atoms with van der Waals surface area (Å²) in [7, 11) is 0. The minimum Gasteiger partial charge on any atom is -0.468 e. The van der Waals surface area contributed by atoms with E-state index in [9.17, 15) is 4.79 Å². The molecule has 0 radical (unpaired) electrons. The van der Waals surface area contributed by atoms with E-state index in [1.165, 1.54) is 12.8 Å². The first-order chi connectivity index (χ1) is 12.2. The third-order valence-electron chi connectivity index (χ3n) is 4.74. The van der Waals surface area contributed by atoms with E-state index in [4.69, 9.17) is 4.42 Å². The second-order valence-electron chi connectivity index (χ2n) is 6.38. The Morgan fingerprint density at radius 2 is 2.12 bits per heavy atom. The van der Waals surface area contributed by atoms with Gasteiger partial charge in [0.25, 0.3) is 5.91 Å². The summed E-state index contributed by atoms with van der Waals surface area (Å²) in [6.45, 7) is 4.45. The van der Waals surface area contributed by atoms with E-state index in [0.29, 0.717) is 12.1 Å². The molecule has 1 fully saturated rings. The molecule has 7 heteroatoms. The minimum atomic E-state index is -0.106. The average Bonchev–Trinajstić information content (AvgIpc) is 3.38. The van der Waals surface area contributed by atoms with Crippen LogP contribution in [0.5, 0.6) is 0 Å². The van der Waals surface area contributed by atoms with Gasteiger partial charge in [-0.15, -0.1) is 10.2 Å². The molecular weight excluding hydrogens is 318 g/mol. The van der Waals surface area contributed by atoms with Crippen LogP contribution in [0.25, 0.3) is 5.65 Å². The quantitative estimate of drug-likeness (QED) is 0.771. The standard InChI is InChI=1S/C18H21N5O2/c1-13-20-21-17-7-6-14(12-23(13)17)18(24)19-11-15(16-5-4-10-25-16)22-8-2-3-9-22/h4-7,10,12,15H,2-3,8-9,11H2,1H3,(H,19,24). The van der Waals surface area contributed by atoms with Gasteiger partial charge in [-0.05, 0) is 57.1 Å². The molecule has 1 unspecified atom stereocenters. The molecule has 7 nitrogen and oxygen atoms in total. The first kappa shape index (κ1) is 15.8. The summed E-state index contributed by atoms with van der Waals surface area (Å²) in [4.78, 5) is 15.0. The van der Waals surface area contributed by atoms with E-state index in [0.717, 1.165) is 30.3 Å². The van der Waals surface area contributed by atoms with Crippen molar-refractivity contribution < 1.29 is 9.21 Å². The van der Waals surface area contributed by atoms with Gasteiger partial charge in [-0.2, -0.15) is 0 Å². The van der Waals surface area contributed by atoms with E-state index in [-0.39, 0.29) is 11.9 Å². The van der Waals surface area contributed by atoms with Crippen LogP contribution in [-0.2, 0) is 0 Å². The third-order valence-corrected chi connectivity index (χ3v) is 4.74. The van der Waals surface area contributed by atoms with Gasteiger partial charge in [-0.25, -0.2) is 0 Å². The SMILES string of the molecule is Cc1nnc2ccc(C(=O)NCC(c3ccco3)N3CCCC3)cn12. The van der Waals surface area contributed by atoms with Gasteiger partial charge in [0, 0.05) is 12.7 Å². The van der Waals surface area contributed by atoms with E-state index < -0.39 is 0 Å². The smallest absolute Gasteiger partial charge is 0.252 e. The highest BCUT2D eigenvalue weighted by molar-refractivity contribution is 5.94. The highest BCUT2D eigenvalue weighted by atomic mass is 16.3. The summed E-state index contributed by atoms with van der Waals surface area (Å²) in [6, 6.07) is 7.52. The van der Waals surface area contributed by atoms with Crippen molar-refractivity contribution in [1.82, 2.24) is 24.8 Å². The van der Waals surface area contributed by atoms with E-state index in [1.807, 2.05) is 23.5 Å². The van der Waals surface area contributed by atoms with Crippen molar-refractivity contribution >= 4 is 11.6 Å². The molecule has 1 N–H and O–H groups in total. The van der Waals surface area contributed by atoms with E-state index >= 15 is 0 Å². The van der Waals surface area contributed by atoms with Crippen LogP contribution in [-0.4, -0.2) is 45.0 Å². The highest BCUT2D eigenvalue weighted by Crippen LogP contribution is 2.25. The van der Waals surface area contributed by atoms with Gasteiger partial charge < -0.3 is 9.73 Å². The van der Waals surface area contributed by atoms with Gasteiger partial charge in [0.15, 0.2) is 5.65 Å². The normalized spacial score (nSPS) is 16.4. The lowest BCUT2D eigenvalue weighted by atomic mass is 10.2. The van der Waals surface area contributed by atoms with Crippen LogP contribution >= 0.6 is 0 Å². The van der Waals surface area contributed by atoms with Gasteiger partial charge in [-0.3, -0.25) is 14.1 Å². The van der Waals surface area contributed by atoms with Crippen LogP contribution in [0.4, 0.5) is 0 Å². The largest absolute Gasteiger partial charge is 0.468 e. The zero-order valence-electron chi connectivity index (χ0n) is 14.2. The Labute approximate surface area is 145 Å². The molecule has 130 valence electrons. The summed E-state index contributed by atoms with van der Waals surface area (Å²) >= 11 is 0. The van der Waals surface area contributed by atoms with Gasteiger partial charge >= 0.3 is 0 Å². The molecule has 3 aromatic heterocycles. The molecule has 3 aromatic rings. The second-order valence-corrected chi connectivity index (χ2v) is 6.38. The fraction of sp³-hybridized carbons (Fsp3) is 0.389. The zero-order valence-corrected chi connectivity index (χ0v) is 14.2. The molecule has 0 bridgehead atoms. The molecule has 1 aliphatic rings. The molecule has 0 aromatic carbocycles. The second kappa shape index (κ2) is 6.68. The maximum atomic E-state index is 12.6. The van der Waals surface area contributed by atoms with Crippen molar-refractivity contribution in [2.75, 3.05) is 19.6 Å². The summed E-state index contributed by atoms with van der Waals surface area (Å²) in [5.41, 5.74) is 1.33. The number of fused-ring (bicyclic) bond motifs is 1. The molecule has 1 aliphatic heterocycles. The van der Waals surface area contributed by atoms with Crippen LogP contribution in [0.15, 0.2) is 41.1 Å². The zero-order chi connectivity index (χ0) is 17.2. The molecule has 25 heavy (non-hydrogen) atoms. The third kappa shape index (κ3) is 3.15. The lowest BCUT2D eigenvalue weighted by Gasteiger charge is -2.26. The number of hydrogen-bond acceptors (Lipinski definition) is 5.